The summed E-state index contributed by atoms with van der Waals surface area (Å²) in [6, 6.07) is 3.84. The fourth-order valence-electron chi connectivity index (χ4n) is 1.75. The van der Waals surface area contributed by atoms with Crippen LogP contribution in [0.25, 0.3) is 10.9 Å². The van der Waals surface area contributed by atoms with Gasteiger partial charge in [-0.3, -0.25) is 0 Å². The summed E-state index contributed by atoms with van der Waals surface area (Å²) in [5.41, 5.74) is 1.91. The molecule has 5 heteroatoms. The third kappa shape index (κ3) is 2.31. The minimum absolute atomic E-state index is 0.0194. The van der Waals surface area contributed by atoms with E-state index in [4.69, 9.17) is 9.47 Å². The van der Waals surface area contributed by atoms with Gasteiger partial charge in [-0.15, -0.1) is 20.7 Å². The number of aromatic nitrogens is 2. The van der Waals surface area contributed by atoms with Crippen molar-refractivity contribution in [2.45, 2.75) is 6.92 Å². The molecule has 1 aromatic carbocycles. The molecular formula is C13H15IN2O2. The van der Waals surface area contributed by atoms with E-state index < -0.39 is 0 Å². The van der Waals surface area contributed by atoms with Crippen LogP contribution in [-0.2, 0) is 0 Å². The predicted molar refractivity (Wildman–Crippen MR) is 82.4 cm³/mol. The monoisotopic (exact) mass is 358 g/mol. The van der Waals surface area contributed by atoms with Gasteiger partial charge in [0.2, 0.25) is 0 Å². The number of hydrogen-bond donors (Lipinski definition) is 0. The van der Waals surface area contributed by atoms with Crippen LogP contribution < -0.4 is 9.47 Å². The molecule has 4 nitrogen and oxygen atoms in total. The van der Waals surface area contributed by atoms with Gasteiger partial charge in [0, 0.05) is 15.0 Å². The van der Waals surface area contributed by atoms with Crippen molar-refractivity contribution in [2.75, 3.05) is 19.2 Å². The molecule has 0 radical (unpaired) electrons. The van der Waals surface area contributed by atoms with Gasteiger partial charge in [0.05, 0.1) is 25.4 Å². The van der Waals surface area contributed by atoms with Crippen LogP contribution in [0.2, 0.25) is 0 Å². The maximum atomic E-state index is 5.33. The van der Waals surface area contributed by atoms with Gasteiger partial charge in [-0.25, -0.2) is 9.97 Å². The zero-order chi connectivity index (χ0) is 13.1. The van der Waals surface area contributed by atoms with E-state index in [0.29, 0.717) is 11.5 Å². The summed E-state index contributed by atoms with van der Waals surface area (Å²) in [7, 11) is 3.26. The fourth-order valence-corrected chi connectivity index (χ4v) is 2.69. The van der Waals surface area contributed by atoms with Crippen LogP contribution in [0.1, 0.15) is 12.6 Å². The minimum atomic E-state index is 0.0194. The van der Waals surface area contributed by atoms with Gasteiger partial charge in [0.1, 0.15) is 6.33 Å². The molecule has 18 heavy (non-hydrogen) atoms. The van der Waals surface area contributed by atoms with Crippen molar-refractivity contribution < 1.29 is 9.47 Å². The lowest BCUT2D eigenvalue weighted by molar-refractivity contribution is 0.356. The molecule has 0 aliphatic rings. The molecule has 2 aromatic rings. The van der Waals surface area contributed by atoms with Crippen molar-refractivity contribution in [3.63, 3.8) is 0 Å². The lowest BCUT2D eigenvalue weighted by Gasteiger charge is -2.10. The number of halogens is 1. The predicted octanol–water partition coefficient (Wildman–Crippen LogP) is 2.79. The molecule has 0 aliphatic heterocycles. The van der Waals surface area contributed by atoms with Crippen LogP contribution >= 0.6 is 20.7 Å². The van der Waals surface area contributed by atoms with Gasteiger partial charge >= 0.3 is 0 Å². The number of fused-ring (bicyclic) bond motifs is 1. The first-order valence-corrected chi connectivity index (χ1v) is 8.65. The molecule has 0 fully saturated rings. The Hall–Kier alpha value is -1.24. The second kappa shape index (κ2) is 5.60. The molecule has 0 spiro atoms. The summed E-state index contributed by atoms with van der Waals surface area (Å²) in [4.78, 5) is 10.9. The number of ether oxygens (including phenoxy) is 2. The van der Waals surface area contributed by atoms with Crippen molar-refractivity contribution in [2.24, 2.45) is 0 Å². The second-order valence-corrected chi connectivity index (χ2v) is 6.37. The second-order valence-electron chi connectivity index (χ2n) is 3.67. The highest BCUT2D eigenvalue weighted by molar-refractivity contribution is 14.2. The highest BCUT2D eigenvalue weighted by Crippen LogP contribution is 2.32. The minimum Gasteiger partial charge on any atom is -0.493 e. The summed E-state index contributed by atoms with van der Waals surface area (Å²) in [5.74, 6) is 1.40. The quantitative estimate of drug-likeness (QED) is 0.625. The number of nitrogens with zero attached hydrogens (tertiary/aromatic N) is 2. The molecule has 96 valence electrons. The van der Waals surface area contributed by atoms with Gasteiger partial charge in [-0.2, -0.15) is 0 Å². The summed E-state index contributed by atoms with van der Waals surface area (Å²) in [6.45, 7) is 2.13. The Balaban J connectivity index is 2.77. The van der Waals surface area contributed by atoms with Crippen molar-refractivity contribution >= 4 is 35.1 Å². The van der Waals surface area contributed by atoms with Crippen LogP contribution in [0.15, 0.2) is 18.5 Å². The van der Waals surface area contributed by atoms with Crippen LogP contribution in [0.4, 0.5) is 0 Å². The maximum absolute atomic E-state index is 5.33. The molecule has 0 N–H and O–H groups in total. The van der Waals surface area contributed by atoms with Crippen molar-refractivity contribution in [1.82, 2.24) is 9.97 Å². The van der Waals surface area contributed by atoms with Crippen molar-refractivity contribution in [3.8, 4) is 11.5 Å². The Morgan fingerprint density at radius 2 is 1.78 bits per heavy atom. The first kappa shape index (κ1) is 13.2. The Bertz CT molecular complexity index is 611. The summed E-state index contributed by atoms with van der Waals surface area (Å²) in [6.07, 6.45) is 1.60. The van der Waals surface area contributed by atoms with Crippen LogP contribution in [-0.4, -0.2) is 32.6 Å². The van der Waals surface area contributed by atoms with Crippen molar-refractivity contribution in [3.05, 3.63) is 24.2 Å². The summed E-state index contributed by atoms with van der Waals surface area (Å²) in [5, 5.41) is 1.02. The van der Waals surface area contributed by atoms with E-state index in [1.807, 2.05) is 12.1 Å². The third-order valence-electron chi connectivity index (χ3n) is 2.75. The molecule has 1 heterocycles. The Kier molecular flexibility index (Phi) is 4.11. The molecule has 0 saturated carbocycles. The van der Waals surface area contributed by atoms with E-state index in [9.17, 15) is 0 Å². The van der Waals surface area contributed by atoms with E-state index in [0.717, 1.165) is 16.6 Å². The van der Waals surface area contributed by atoms with E-state index >= 15 is 0 Å². The summed E-state index contributed by atoms with van der Waals surface area (Å²) >= 11 is 0.0194. The Morgan fingerprint density at radius 3 is 2.39 bits per heavy atom. The van der Waals surface area contributed by atoms with Crippen molar-refractivity contribution in [1.29, 1.82) is 0 Å². The average Bonchev–Trinajstić information content (AvgIpc) is 2.44. The topological polar surface area (TPSA) is 44.2 Å². The van der Waals surface area contributed by atoms with Gasteiger partial charge < -0.3 is 9.47 Å². The highest BCUT2D eigenvalue weighted by Gasteiger charge is 2.11. The molecule has 0 unspecified atom stereocenters. The molecule has 1 aromatic heterocycles. The first-order valence-electron chi connectivity index (χ1n) is 5.41. The average molecular weight is 358 g/mol. The molecule has 2 rings (SSSR count). The largest absolute Gasteiger partial charge is 0.493 e. The van der Waals surface area contributed by atoms with Crippen LogP contribution in [0, 0.1) is 0 Å². The van der Waals surface area contributed by atoms with Crippen LogP contribution in [0.5, 0.6) is 11.5 Å². The number of hydrogen-bond acceptors (Lipinski definition) is 4. The smallest absolute Gasteiger partial charge is 0.162 e. The number of rotatable bonds is 3. The standard InChI is InChI=1S/C13H15IN2O2/c1-8(14-2)13-9-5-11(17-3)12(18-4)6-10(9)15-7-16-13/h5-7H,1-4H3. The third-order valence-corrected chi connectivity index (χ3v) is 4.88. The van der Waals surface area contributed by atoms with Gasteiger partial charge in [-0.1, -0.05) is 0 Å². The number of benzene rings is 1. The van der Waals surface area contributed by atoms with Gasteiger partial charge in [0.15, 0.2) is 11.5 Å². The molecule has 0 bridgehead atoms. The highest BCUT2D eigenvalue weighted by atomic mass is 127. The van der Waals surface area contributed by atoms with E-state index in [2.05, 4.69) is 21.8 Å². The first-order chi connectivity index (χ1) is 8.71. The lowest BCUT2D eigenvalue weighted by atomic mass is 10.1. The van der Waals surface area contributed by atoms with Crippen LogP contribution in [0.3, 0.4) is 0 Å². The Morgan fingerprint density at radius 1 is 1.11 bits per heavy atom. The maximum Gasteiger partial charge on any atom is 0.162 e. The van der Waals surface area contributed by atoms with Gasteiger partial charge in [-0.05, 0) is 17.9 Å². The molecule has 0 amide bonds. The lowest BCUT2D eigenvalue weighted by Crippen LogP contribution is -2.00. The zero-order valence-electron chi connectivity index (χ0n) is 10.8. The molecule has 0 atom stereocenters. The van der Waals surface area contributed by atoms with E-state index in [-0.39, 0.29) is 20.7 Å². The zero-order valence-corrected chi connectivity index (χ0v) is 13.0. The molecule has 0 aliphatic carbocycles. The van der Waals surface area contributed by atoms with Gasteiger partial charge in [0.25, 0.3) is 0 Å². The number of methoxy groups -OCH3 is 2. The van der Waals surface area contributed by atoms with E-state index in [1.54, 1.807) is 20.5 Å². The number of alkyl halides is 1. The Labute approximate surface area is 116 Å². The fraction of sp³-hybridized carbons (Fsp3) is 0.308. The van der Waals surface area contributed by atoms with E-state index in [1.165, 1.54) is 3.51 Å². The molecular weight excluding hydrogens is 343 g/mol. The molecule has 0 saturated heterocycles. The SMILES string of the molecule is COc1cc2ncnc(C(C)=IC)c2cc1OC. The summed E-state index contributed by atoms with van der Waals surface area (Å²) < 4.78 is 12.0. The normalized spacial score (nSPS) is 12.1.